The molecular weight excluding hydrogens is 1400 g/mol. The molecule has 4 unspecified atom stereocenters. The third kappa shape index (κ3) is 28.2. The number of carbonyl (C=O) groups is 8. The quantitative estimate of drug-likeness (QED) is 0.0251. The number of ether oxygens (including phenoxy) is 11. The van der Waals surface area contributed by atoms with E-state index in [0.717, 1.165) is 84.7 Å². The summed E-state index contributed by atoms with van der Waals surface area (Å²) < 4.78 is 59.2. The summed E-state index contributed by atoms with van der Waals surface area (Å²) in [7, 11) is 4.71. The summed E-state index contributed by atoms with van der Waals surface area (Å²) in [6.45, 7) is 8.11. The highest BCUT2D eigenvalue weighted by atomic mass is 16.6. The number of rotatable bonds is 28. The molecule has 0 spiro atoms. The molecule has 4 saturated heterocycles. The third-order valence-electron chi connectivity index (χ3n) is 18.7. The fourth-order valence-electron chi connectivity index (χ4n) is 12.8. The molecule has 4 aliphatic rings. The van der Waals surface area contributed by atoms with E-state index < -0.39 is 48.5 Å². The van der Waals surface area contributed by atoms with Crippen LogP contribution in [0.5, 0.6) is 17.2 Å². The van der Waals surface area contributed by atoms with Gasteiger partial charge in [0.1, 0.15) is 50.6 Å². The first-order valence-corrected chi connectivity index (χ1v) is 38.0. The maximum atomic E-state index is 12.6. The molecule has 4 amide bonds. The van der Waals surface area contributed by atoms with Gasteiger partial charge in [0.2, 0.25) is 5.75 Å². The van der Waals surface area contributed by atoms with Crippen LogP contribution in [0.25, 0.3) is 0 Å². The molecule has 0 aromatic heterocycles. The van der Waals surface area contributed by atoms with Gasteiger partial charge in [0.15, 0.2) is 11.5 Å². The second-order valence-corrected chi connectivity index (χ2v) is 27.3. The lowest BCUT2D eigenvalue weighted by Gasteiger charge is -2.33. The van der Waals surface area contributed by atoms with E-state index in [1.807, 2.05) is 196 Å². The molecule has 0 saturated carbocycles. The number of methoxy groups -OCH3 is 3. The van der Waals surface area contributed by atoms with Gasteiger partial charge in [-0.25, -0.2) is 38.4 Å². The third-order valence-corrected chi connectivity index (χ3v) is 18.7. The van der Waals surface area contributed by atoms with Gasteiger partial charge >= 0.3 is 48.3 Å². The van der Waals surface area contributed by atoms with Gasteiger partial charge in [0.05, 0.1) is 47.8 Å². The molecule has 4 fully saturated rings. The number of esters is 4. The molecule has 0 N–H and O–H groups in total. The van der Waals surface area contributed by atoms with Crippen LogP contribution in [-0.2, 0) is 103 Å². The van der Waals surface area contributed by atoms with Crippen LogP contribution in [0, 0.1) is 5.92 Å². The molecule has 0 aliphatic carbocycles. The minimum atomic E-state index is -0.574. The van der Waals surface area contributed by atoms with Crippen LogP contribution in [0.2, 0.25) is 0 Å². The van der Waals surface area contributed by atoms with E-state index >= 15 is 0 Å². The van der Waals surface area contributed by atoms with Crippen LogP contribution >= 0.6 is 0 Å². The molecule has 0 radical (unpaired) electrons. The van der Waals surface area contributed by atoms with Crippen LogP contribution < -0.4 is 14.2 Å². The summed E-state index contributed by atoms with van der Waals surface area (Å²) in [6, 6.07) is 59.5. The fourth-order valence-corrected chi connectivity index (χ4v) is 12.8. The average molecular weight is 1510 g/mol. The Balaban J connectivity index is 0.000000185. The highest BCUT2D eigenvalue weighted by Gasteiger charge is 2.39. The molecule has 0 bridgehead atoms. The van der Waals surface area contributed by atoms with Crippen molar-refractivity contribution in [2.75, 3.05) is 73.9 Å². The van der Waals surface area contributed by atoms with E-state index in [1.165, 1.54) is 25.2 Å². The van der Waals surface area contributed by atoms with Gasteiger partial charge in [-0.15, -0.1) is 0 Å². The topological polar surface area (TPSA) is 251 Å². The van der Waals surface area contributed by atoms with E-state index in [-0.39, 0.29) is 62.8 Å². The Morgan fingerprint density at radius 3 is 0.955 bits per heavy atom. The van der Waals surface area contributed by atoms with Crippen LogP contribution in [-0.4, -0.2) is 166 Å². The summed E-state index contributed by atoms with van der Waals surface area (Å²) in [5, 5.41) is 0. The first-order chi connectivity index (χ1) is 53.6. The van der Waals surface area contributed by atoms with Crippen molar-refractivity contribution in [3.05, 3.63) is 233 Å². The van der Waals surface area contributed by atoms with Crippen LogP contribution in [0.4, 0.5) is 19.2 Å². The Kier molecular flexibility index (Phi) is 36.1. The number of aryl methyl sites for hydroxylation is 2. The predicted octanol–water partition coefficient (Wildman–Crippen LogP) is 15.3. The minimum Gasteiger partial charge on any atom is -0.493 e. The summed E-state index contributed by atoms with van der Waals surface area (Å²) >= 11 is 0. The highest BCUT2D eigenvalue weighted by molar-refractivity contribution is 5.84. The van der Waals surface area contributed by atoms with Crippen LogP contribution in [0.15, 0.2) is 194 Å². The lowest BCUT2D eigenvalue weighted by atomic mass is 10.0. The molecule has 4 atom stereocenters. The van der Waals surface area contributed by atoms with Gasteiger partial charge in [-0.3, -0.25) is 19.6 Å². The average Bonchev–Trinajstić information content (AvgIpc) is 0.870. The van der Waals surface area contributed by atoms with Crippen molar-refractivity contribution in [1.82, 2.24) is 19.6 Å². The molecule has 110 heavy (non-hydrogen) atoms. The van der Waals surface area contributed by atoms with E-state index in [4.69, 9.17) is 52.1 Å². The Bertz CT molecular complexity index is 3830. The van der Waals surface area contributed by atoms with Gasteiger partial charge in [-0.2, -0.15) is 0 Å². The largest absolute Gasteiger partial charge is 0.493 e. The monoisotopic (exact) mass is 1510 g/mol. The van der Waals surface area contributed by atoms with Crippen molar-refractivity contribution < 1.29 is 90.5 Å². The number of piperidine rings is 2. The van der Waals surface area contributed by atoms with E-state index in [1.54, 1.807) is 21.3 Å². The second kappa shape index (κ2) is 47.0. The zero-order chi connectivity index (χ0) is 78.1. The molecular formula is C87H106N4O19. The van der Waals surface area contributed by atoms with Gasteiger partial charge in [0.25, 0.3) is 0 Å². The zero-order valence-electron chi connectivity index (χ0n) is 64.0. The molecule has 4 aliphatic heterocycles. The number of hydrogen-bond acceptors (Lipinski definition) is 19. The smallest absolute Gasteiger partial charge is 0.410 e. The summed E-state index contributed by atoms with van der Waals surface area (Å²) in [4.78, 5) is 105. The summed E-state index contributed by atoms with van der Waals surface area (Å²) in [5.74, 6) is 0.540. The van der Waals surface area contributed by atoms with Crippen molar-refractivity contribution in [2.24, 2.45) is 5.92 Å². The number of amides is 4. The number of carbonyl (C=O) groups excluding carboxylic acids is 8. The van der Waals surface area contributed by atoms with Gasteiger partial charge < -0.3 is 52.1 Å². The standard InChI is InChI=1S/C23H35NO7.C23H27NO4.C21H23NO4.C20H21NO4/c1-16(2)15-31-23(26)24-11-7-6-10-18(24)22(25)30-12-8-9-17-13-19(27-3)21(29-5)20(14-17)28-4;25-22(27-17-9-14-19-10-3-1-4-11-19)21-15-7-8-16-24(21)23(26)28-18-20-12-5-2-6-13-20;23-20(25-15-13-17-8-3-1-4-9-17)19-12-7-14-22(19)21(24)26-16-18-10-5-2-6-11-18;22-19(24-14-16-8-3-1-4-9-16)18-12-7-13-21(18)20(23)25-15-17-10-5-2-6-11-17/h13-14,16,18H,6-12,15H2,1-5H3;1-6,10-13,21H,7-9,14-18H2;1-6,8-11,19H,7,12-16H2;1-6,8-11,18H,7,12-15H2. The lowest BCUT2D eigenvalue weighted by Crippen LogP contribution is -2.49. The minimum absolute atomic E-state index is 0.196. The Morgan fingerprint density at radius 2 is 0.609 bits per heavy atom. The van der Waals surface area contributed by atoms with Crippen molar-refractivity contribution in [1.29, 1.82) is 0 Å². The summed E-state index contributed by atoms with van der Waals surface area (Å²) in [5.41, 5.74) is 7.01. The zero-order valence-corrected chi connectivity index (χ0v) is 64.0. The van der Waals surface area contributed by atoms with Crippen molar-refractivity contribution in [2.45, 2.75) is 161 Å². The molecule has 588 valence electrons. The maximum Gasteiger partial charge on any atom is 0.410 e. The first kappa shape index (κ1) is 84.5. The Morgan fingerprint density at radius 1 is 0.318 bits per heavy atom. The number of nitrogens with zero attached hydrogens (tertiary/aromatic N) is 4. The molecule has 11 rings (SSSR count). The van der Waals surface area contributed by atoms with Crippen molar-refractivity contribution >= 4 is 48.3 Å². The Labute approximate surface area is 646 Å². The van der Waals surface area contributed by atoms with Crippen molar-refractivity contribution in [3.8, 4) is 17.2 Å². The highest BCUT2D eigenvalue weighted by Crippen LogP contribution is 2.39. The van der Waals surface area contributed by atoms with Gasteiger partial charge in [-0.1, -0.05) is 196 Å². The first-order valence-electron chi connectivity index (χ1n) is 38.0. The van der Waals surface area contributed by atoms with Gasteiger partial charge in [-0.05, 0) is 147 Å². The van der Waals surface area contributed by atoms with E-state index in [9.17, 15) is 38.4 Å². The predicted molar refractivity (Wildman–Crippen MR) is 413 cm³/mol. The molecule has 4 heterocycles. The SMILES string of the molecule is COc1cc(CCCOC(=O)C2CCCCN2C(=O)OCC(C)C)cc(OC)c1OC.O=C(OCCCc1ccccc1)C1CCCCN1C(=O)OCc1ccccc1.O=C(OCCc1ccccc1)C1CCCN1C(=O)OCc1ccccc1.O=C(OCc1ccccc1)C1CCCN1C(=O)OCc1ccccc1. The van der Waals surface area contributed by atoms with Crippen LogP contribution in [0.3, 0.4) is 0 Å². The molecule has 23 nitrogen and oxygen atoms in total. The maximum absolute atomic E-state index is 12.6. The van der Waals surface area contributed by atoms with Crippen molar-refractivity contribution in [3.63, 3.8) is 0 Å². The number of likely N-dealkylation sites (tertiary alicyclic amines) is 4. The molecule has 7 aromatic rings. The second-order valence-electron chi connectivity index (χ2n) is 27.3. The Hall–Kier alpha value is -11.1. The summed E-state index contributed by atoms with van der Waals surface area (Å²) in [6.07, 6.45) is 9.31. The molecule has 7 aromatic carbocycles. The number of benzene rings is 7. The molecule has 23 heteroatoms. The van der Waals surface area contributed by atoms with Crippen LogP contribution in [0.1, 0.15) is 130 Å². The van der Waals surface area contributed by atoms with Gasteiger partial charge in [0, 0.05) is 32.6 Å². The lowest BCUT2D eigenvalue weighted by molar-refractivity contribution is -0.151. The number of hydrogen-bond donors (Lipinski definition) is 0. The van der Waals surface area contributed by atoms with E-state index in [2.05, 4.69) is 12.1 Å². The van der Waals surface area contributed by atoms with E-state index in [0.29, 0.717) is 108 Å². The normalized spacial score (nSPS) is 16.3. The fraction of sp³-hybridized carbons (Fsp3) is 0.425.